The Morgan fingerprint density at radius 3 is 2.96 bits per heavy atom. The molecule has 0 saturated carbocycles. The first-order valence-corrected chi connectivity index (χ1v) is 7.56. The highest BCUT2D eigenvalue weighted by atomic mass is 19.1. The van der Waals surface area contributed by atoms with Gasteiger partial charge in [0.25, 0.3) is 0 Å². The van der Waals surface area contributed by atoms with Gasteiger partial charge in [0, 0.05) is 23.0 Å². The Bertz CT molecular complexity index is 899. The number of benzene rings is 1. The monoisotopic (exact) mass is 331 g/mol. The van der Waals surface area contributed by atoms with Gasteiger partial charge >= 0.3 is 0 Å². The molecule has 1 aromatic carbocycles. The third-order valence-electron chi connectivity index (χ3n) is 3.85. The quantitative estimate of drug-likeness (QED) is 0.621. The highest BCUT2D eigenvalue weighted by molar-refractivity contribution is 5.85. The summed E-state index contributed by atoms with van der Waals surface area (Å²) in [6.45, 7) is 2.06. The van der Waals surface area contributed by atoms with E-state index < -0.39 is 5.91 Å². The van der Waals surface area contributed by atoms with E-state index in [0.717, 1.165) is 22.2 Å². The second-order valence-electron chi connectivity index (χ2n) is 5.63. The summed E-state index contributed by atoms with van der Waals surface area (Å²) in [5, 5.41) is 14.2. The largest absolute Gasteiger partial charge is 0.394 e. The highest BCUT2D eigenvalue weighted by Crippen LogP contribution is 2.25. The van der Waals surface area contributed by atoms with Gasteiger partial charge in [-0.1, -0.05) is 0 Å². The molecule has 3 aromatic rings. The summed E-state index contributed by atoms with van der Waals surface area (Å²) in [5.74, 6) is 0.0743. The SMILES string of the molecule is Cc1[nH]c2ccc(F)cc2c1Cc1nc(CC(N)=O)nn1CCO. The normalized spacial score (nSPS) is 11.3. The lowest BCUT2D eigenvalue weighted by Crippen LogP contribution is -2.15. The van der Waals surface area contributed by atoms with Crippen molar-refractivity contribution in [1.82, 2.24) is 19.7 Å². The first kappa shape index (κ1) is 16.1. The van der Waals surface area contributed by atoms with Crippen molar-refractivity contribution in [3.63, 3.8) is 0 Å². The Morgan fingerprint density at radius 2 is 2.25 bits per heavy atom. The lowest BCUT2D eigenvalue weighted by Gasteiger charge is -2.04. The van der Waals surface area contributed by atoms with E-state index in [9.17, 15) is 14.3 Å². The summed E-state index contributed by atoms with van der Waals surface area (Å²) in [5.41, 5.74) is 7.84. The minimum Gasteiger partial charge on any atom is -0.394 e. The third-order valence-corrected chi connectivity index (χ3v) is 3.85. The van der Waals surface area contributed by atoms with Crippen molar-refractivity contribution >= 4 is 16.8 Å². The number of aliphatic hydroxyl groups is 1. The number of fused-ring (bicyclic) bond motifs is 1. The maximum Gasteiger partial charge on any atom is 0.225 e. The minimum atomic E-state index is -0.520. The molecule has 0 atom stereocenters. The van der Waals surface area contributed by atoms with E-state index in [1.807, 2.05) is 6.92 Å². The number of H-pyrrole nitrogens is 1. The Kier molecular flexibility index (Phi) is 4.30. The number of amides is 1. The molecule has 7 nitrogen and oxygen atoms in total. The average Bonchev–Trinajstić information content (AvgIpc) is 3.01. The van der Waals surface area contributed by atoms with Crippen LogP contribution in [0.3, 0.4) is 0 Å². The zero-order valence-electron chi connectivity index (χ0n) is 13.2. The smallest absolute Gasteiger partial charge is 0.225 e. The van der Waals surface area contributed by atoms with Crippen LogP contribution < -0.4 is 5.73 Å². The molecule has 1 amide bonds. The van der Waals surface area contributed by atoms with Gasteiger partial charge in [-0.25, -0.2) is 14.1 Å². The van der Waals surface area contributed by atoms with Crippen LogP contribution in [0.5, 0.6) is 0 Å². The van der Waals surface area contributed by atoms with Crippen LogP contribution in [0.1, 0.15) is 22.9 Å². The molecule has 24 heavy (non-hydrogen) atoms. The predicted octanol–water partition coefficient (Wildman–Crippen LogP) is 0.818. The summed E-state index contributed by atoms with van der Waals surface area (Å²) in [6.07, 6.45) is 0.341. The van der Waals surface area contributed by atoms with Crippen LogP contribution in [-0.4, -0.2) is 37.4 Å². The van der Waals surface area contributed by atoms with Crippen LogP contribution in [0.15, 0.2) is 18.2 Å². The minimum absolute atomic E-state index is 0.0626. The Balaban J connectivity index is 2.01. The molecule has 0 radical (unpaired) electrons. The predicted molar refractivity (Wildman–Crippen MR) is 85.8 cm³/mol. The van der Waals surface area contributed by atoms with Gasteiger partial charge in [-0.15, -0.1) is 0 Å². The molecule has 0 unspecified atom stereocenters. The first-order chi connectivity index (χ1) is 11.5. The first-order valence-electron chi connectivity index (χ1n) is 7.56. The third kappa shape index (κ3) is 3.13. The molecule has 0 spiro atoms. The molecule has 0 fully saturated rings. The van der Waals surface area contributed by atoms with Crippen LogP contribution in [0.25, 0.3) is 10.9 Å². The Labute approximate surface area is 137 Å². The zero-order valence-corrected chi connectivity index (χ0v) is 13.2. The number of aryl methyl sites for hydroxylation is 1. The number of aliphatic hydroxyl groups excluding tert-OH is 1. The highest BCUT2D eigenvalue weighted by Gasteiger charge is 2.16. The van der Waals surface area contributed by atoms with Crippen molar-refractivity contribution < 1.29 is 14.3 Å². The van der Waals surface area contributed by atoms with Crippen molar-refractivity contribution in [2.45, 2.75) is 26.3 Å². The van der Waals surface area contributed by atoms with E-state index in [-0.39, 0.29) is 25.4 Å². The fourth-order valence-corrected chi connectivity index (χ4v) is 2.80. The number of nitrogens with zero attached hydrogens (tertiary/aromatic N) is 3. The number of hydrogen-bond acceptors (Lipinski definition) is 4. The van der Waals surface area contributed by atoms with Crippen LogP contribution in [0.4, 0.5) is 4.39 Å². The second kappa shape index (κ2) is 6.40. The van der Waals surface area contributed by atoms with Gasteiger partial charge in [-0.2, -0.15) is 5.10 Å². The van der Waals surface area contributed by atoms with Gasteiger partial charge in [-0.05, 0) is 30.7 Å². The number of aromatic nitrogens is 4. The number of carbonyl (C=O) groups excluding carboxylic acids is 1. The number of nitrogens with one attached hydrogen (secondary N) is 1. The average molecular weight is 331 g/mol. The van der Waals surface area contributed by atoms with Crippen molar-refractivity contribution in [2.75, 3.05) is 6.61 Å². The van der Waals surface area contributed by atoms with E-state index in [0.29, 0.717) is 18.1 Å². The number of nitrogens with two attached hydrogens (primary N) is 1. The standard InChI is InChI=1S/C16H18FN5O2/c1-9-11(12-6-10(17)2-3-13(12)19-9)7-16-20-15(8-14(18)24)21-22(16)4-5-23/h2-3,6,19,23H,4-5,7-8H2,1H3,(H2,18,24). The van der Waals surface area contributed by atoms with Crippen molar-refractivity contribution in [3.05, 3.63) is 46.9 Å². The number of aromatic amines is 1. The zero-order chi connectivity index (χ0) is 17.3. The summed E-state index contributed by atoms with van der Waals surface area (Å²) < 4.78 is 15.1. The number of carbonyl (C=O) groups is 1. The lowest BCUT2D eigenvalue weighted by molar-refractivity contribution is -0.117. The van der Waals surface area contributed by atoms with Crippen LogP contribution in [0.2, 0.25) is 0 Å². The van der Waals surface area contributed by atoms with Gasteiger partial charge < -0.3 is 15.8 Å². The Hall–Kier alpha value is -2.74. The molecule has 0 bridgehead atoms. The van der Waals surface area contributed by atoms with Crippen LogP contribution in [0, 0.1) is 12.7 Å². The van der Waals surface area contributed by atoms with Gasteiger partial charge in [0.2, 0.25) is 5.91 Å². The summed E-state index contributed by atoms with van der Waals surface area (Å²) in [7, 11) is 0. The summed E-state index contributed by atoms with van der Waals surface area (Å²) >= 11 is 0. The fraction of sp³-hybridized carbons (Fsp3) is 0.312. The van der Waals surface area contributed by atoms with Crippen LogP contribution in [-0.2, 0) is 24.2 Å². The lowest BCUT2D eigenvalue weighted by atomic mass is 10.1. The molecular weight excluding hydrogens is 313 g/mol. The van der Waals surface area contributed by atoms with E-state index in [1.54, 1.807) is 10.7 Å². The number of hydrogen-bond donors (Lipinski definition) is 3. The molecule has 0 aliphatic carbocycles. The fourth-order valence-electron chi connectivity index (χ4n) is 2.80. The number of primary amides is 1. The molecule has 0 aliphatic rings. The molecule has 3 rings (SSSR count). The van der Waals surface area contributed by atoms with Crippen molar-refractivity contribution in [1.29, 1.82) is 0 Å². The maximum absolute atomic E-state index is 13.6. The van der Waals surface area contributed by atoms with Crippen molar-refractivity contribution in [3.8, 4) is 0 Å². The molecule has 126 valence electrons. The van der Waals surface area contributed by atoms with E-state index in [4.69, 9.17) is 5.73 Å². The molecule has 2 heterocycles. The molecule has 4 N–H and O–H groups in total. The summed E-state index contributed by atoms with van der Waals surface area (Å²) in [6, 6.07) is 4.57. The Morgan fingerprint density at radius 1 is 1.46 bits per heavy atom. The summed E-state index contributed by atoms with van der Waals surface area (Å²) in [4.78, 5) is 18.6. The van der Waals surface area contributed by atoms with E-state index in [1.165, 1.54) is 12.1 Å². The maximum atomic E-state index is 13.6. The van der Waals surface area contributed by atoms with Gasteiger partial charge in [0.1, 0.15) is 11.6 Å². The topological polar surface area (TPSA) is 110 Å². The van der Waals surface area contributed by atoms with E-state index >= 15 is 0 Å². The van der Waals surface area contributed by atoms with Gasteiger partial charge in [0.15, 0.2) is 5.82 Å². The number of halogens is 1. The van der Waals surface area contributed by atoms with Gasteiger partial charge in [0.05, 0.1) is 19.6 Å². The molecule has 0 saturated heterocycles. The van der Waals surface area contributed by atoms with Crippen LogP contribution >= 0.6 is 0 Å². The molecule has 2 aromatic heterocycles. The van der Waals surface area contributed by atoms with Crippen molar-refractivity contribution in [2.24, 2.45) is 5.73 Å². The molecule has 8 heteroatoms. The molecule has 0 aliphatic heterocycles. The van der Waals surface area contributed by atoms with Gasteiger partial charge in [-0.3, -0.25) is 4.79 Å². The molecular formula is C16H18FN5O2. The second-order valence-corrected chi connectivity index (χ2v) is 5.63. The van der Waals surface area contributed by atoms with E-state index in [2.05, 4.69) is 15.1 Å². The number of rotatable bonds is 6.